The van der Waals surface area contributed by atoms with Crippen LogP contribution >= 0.6 is 0 Å². The van der Waals surface area contributed by atoms with Crippen molar-refractivity contribution in [1.82, 2.24) is 10.6 Å². The number of rotatable bonds is 3. The standard InChI is InChI=1S/C13H24N2O/c1-12(6-8-14-9-7-12)10-15-11(16)13(2)4-3-5-13/h14H,3-10H2,1-2H3,(H,15,16). The maximum Gasteiger partial charge on any atom is 0.225 e. The molecule has 1 aliphatic heterocycles. The van der Waals surface area contributed by atoms with E-state index >= 15 is 0 Å². The minimum atomic E-state index is -0.0523. The molecule has 2 fully saturated rings. The van der Waals surface area contributed by atoms with Crippen molar-refractivity contribution in [2.75, 3.05) is 19.6 Å². The van der Waals surface area contributed by atoms with Crippen molar-refractivity contribution in [1.29, 1.82) is 0 Å². The molecule has 0 aromatic rings. The summed E-state index contributed by atoms with van der Waals surface area (Å²) >= 11 is 0. The highest BCUT2D eigenvalue weighted by Gasteiger charge is 2.39. The molecular weight excluding hydrogens is 200 g/mol. The van der Waals surface area contributed by atoms with Crippen molar-refractivity contribution < 1.29 is 4.79 Å². The van der Waals surface area contributed by atoms with Gasteiger partial charge in [0.15, 0.2) is 0 Å². The Morgan fingerprint density at radius 3 is 2.31 bits per heavy atom. The van der Waals surface area contributed by atoms with Gasteiger partial charge >= 0.3 is 0 Å². The Morgan fingerprint density at radius 2 is 1.81 bits per heavy atom. The lowest BCUT2D eigenvalue weighted by Gasteiger charge is -2.39. The first-order valence-corrected chi connectivity index (χ1v) is 6.53. The van der Waals surface area contributed by atoms with Gasteiger partial charge in [-0.05, 0) is 44.2 Å². The van der Waals surface area contributed by atoms with E-state index in [0.29, 0.717) is 5.41 Å². The normalized spacial score (nSPS) is 26.9. The second-order valence-electron chi connectivity index (χ2n) is 6.16. The third kappa shape index (κ3) is 2.40. The van der Waals surface area contributed by atoms with Crippen LogP contribution in [-0.2, 0) is 4.79 Å². The van der Waals surface area contributed by atoms with Crippen molar-refractivity contribution in [3.05, 3.63) is 0 Å². The lowest BCUT2D eigenvalue weighted by atomic mass is 9.69. The SMILES string of the molecule is CC1(CNC(=O)C2(C)CCC2)CCNCC1. The highest BCUT2D eigenvalue weighted by Crippen LogP contribution is 2.40. The Labute approximate surface area is 98.4 Å². The summed E-state index contributed by atoms with van der Waals surface area (Å²) in [6.07, 6.45) is 5.69. The zero-order chi connectivity index (χ0) is 11.6. The first-order chi connectivity index (χ1) is 7.54. The Balaban J connectivity index is 1.79. The van der Waals surface area contributed by atoms with Crippen molar-refractivity contribution in [3.63, 3.8) is 0 Å². The molecule has 2 rings (SSSR count). The molecule has 1 saturated carbocycles. The van der Waals surface area contributed by atoms with Gasteiger partial charge in [-0.25, -0.2) is 0 Å². The van der Waals surface area contributed by atoms with Gasteiger partial charge in [0.05, 0.1) is 0 Å². The molecule has 2 aliphatic rings. The van der Waals surface area contributed by atoms with Crippen molar-refractivity contribution in [3.8, 4) is 0 Å². The second kappa shape index (κ2) is 4.36. The number of hydrogen-bond donors (Lipinski definition) is 2. The molecule has 0 radical (unpaired) electrons. The zero-order valence-corrected chi connectivity index (χ0v) is 10.6. The Hall–Kier alpha value is -0.570. The average Bonchev–Trinajstić information content (AvgIpc) is 2.24. The fourth-order valence-corrected chi connectivity index (χ4v) is 2.65. The van der Waals surface area contributed by atoms with Gasteiger partial charge in [-0.3, -0.25) is 4.79 Å². The van der Waals surface area contributed by atoms with Gasteiger partial charge in [0.2, 0.25) is 5.91 Å². The minimum absolute atomic E-state index is 0.0523. The predicted molar refractivity (Wildman–Crippen MR) is 65.2 cm³/mol. The van der Waals surface area contributed by atoms with Crippen LogP contribution in [0, 0.1) is 10.8 Å². The van der Waals surface area contributed by atoms with Gasteiger partial charge in [0.1, 0.15) is 0 Å². The van der Waals surface area contributed by atoms with Crippen LogP contribution in [0.25, 0.3) is 0 Å². The fourth-order valence-electron chi connectivity index (χ4n) is 2.65. The van der Waals surface area contributed by atoms with Gasteiger partial charge in [-0.15, -0.1) is 0 Å². The molecule has 3 heteroatoms. The van der Waals surface area contributed by atoms with Crippen LogP contribution in [0.2, 0.25) is 0 Å². The van der Waals surface area contributed by atoms with E-state index in [1.54, 1.807) is 0 Å². The Morgan fingerprint density at radius 1 is 1.19 bits per heavy atom. The molecule has 1 saturated heterocycles. The molecule has 1 aliphatic carbocycles. The summed E-state index contributed by atoms with van der Waals surface area (Å²) in [7, 11) is 0. The molecule has 3 nitrogen and oxygen atoms in total. The summed E-state index contributed by atoms with van der Waals surface area (Å²) < 4.78 is 0. The largest absolute Gasteiger partial charge is 0.355 e. The summed E-state index contributed by atoms with van der Waals surface area (Å²) in [5.41, 5.74) is 0.254. The fraction of sp³-hybridized carbons (Fsp3) is 0.923. The van der Waals surface area contributed by atoms with E-state index in [9.17, 15) is 4.79 Å². The lowest BCUT2D eigenvalue weighted by Crippen LogP contribution is -2.48. The van der Waals surface area contributed by atoms with E-state index in [0.717, 1.165) is 32.5 Å². The third-order valence-corrected chi connectivity index (χ3v) is 4.49. The maximum absolute atomic E-state index is 12.0. The van der Waals surface area contributed by atoms with Gasteiger partial charge in [-0.2, -0.15) is 0 Å². The summed E-state index contributed by atoms with van der Waals surface area (Å²) in [4.78, 5) is 12.0. The topological polar surface area (TPSA) is 41.1 Å². The van der Waals surface area contributed by atoms with E-state index in [1.807, 2.05) is 0 Å². The molecule has 0 bridgehead atoms. The molecule has 0 spiro atoms. The first-order valence-electron chi connectivity index (χ1n) is 6.53. The molecule has 1 amide bonds. The summed E-state index contributed by atoms with van der Waals surface area (Å²) in [6.45, 7) is 7.41. The quantitative estimate of drug-likeness (QED) is 0.766. The molecule has 0 aromatic heterocycles. The smallest absolute Gasteiger partial charge is 0.225 e. The van der Waals surface area contributed by atoms with Crippen molar-refractivity contribution in [2.24, 2.45) is 10.8 Å². The van der Waals surface area contributed by atoms with E-state index in [4.69, 9.17) is 0 Å². The van der Waals surface area contributed by atoms with E-state index in [2.05, 4.69) is 24.5 Å². The Bertz CT molecular complexity index is 265. The molecule has 16 heavy (non-hydrogen) atoms. The monoisotopic (exact) mass is 224 g/mol. The molecule has 0 aromatic carbocycles. The van der Waals surface area contributed by atoms with Crippen molar-refractivity contribution in [2.45, 2.75) is 46.0 Å². The van der Waals surface area contributed by atoms with Gasteiger partial charge in [0, 0.05) is 12.0 Å². The van der Waals surface area contributed by atoms with E-state index in [1.165, 1.54) is 19.3 Å². The third-order valence-electron chi connectivity index (χ3n) is 4.49. The first kappa shape index (κ1) is 11.9. The number of piperidine rings is 1. The van der Waals surface area contributed by atoms with Crippen LogP contribution < -0.4 is 10.6 Å². The number of amides is 1. The van der Waals surface area contributed by atoms with Crippen LogP contribution in [0.15, 0.2) is 0 Å². The van der Waals surface area contributed by atoms with Gasteiger partial charge in [-0.1, -0.05) is 20.3 Å². The molecule has 0 atom stereocenters. The molecule has 1 heterocycles. The van der Waals surface area contributed by atoms with Gasteiger partial charge in [0.25, 0.3) is 0 Å². The van der Waals surface area contributed by atoms with Crippen LogP contribution in [0.1, 0.15) is 46.0 Å². The number of nitrogens with one attached hydrogen (secondary N) is 2. The average molecular weight is 224 g/mol. The summed E-state index contributed by atoms with van der Waals surface area (Å²) in [6, 6.07) is 0. The molecule has 92 valence electrons. The minimum Gasteiger partial charge on any atom is -0.355 e. The second-order valence-corrected chi connectivity index (χ2v) is 6.16. The molecule has 2 N–H and O–H groups in total. The zero-order valence-electron chi connectivity index (χ0n) is 10.6. The van der Waals surface area contributed by atoms with Crippen LogP contribution in [-0.4, -0.2) is 25.5 Å². The van der Waals surface area contributed by atoms with Crippen molar-refractivity contribution >= 4 is 5.91 Å². The van der Waals surface area contributed by atoms with E-state index < -0.39 is 0 Å². The van der Waals surface area contributed by atoms with Crippen LogP contribution in [0.5, 0.6) is 0 Å². The number of carbonyl (C=O) groups excluding carboxylic acids is 1. The number of carbonyl (C=O) groups is 1. The molecule has 0 unspecified atom stereocenters. The molecular formula is C13H24N2O. The van der Waals surface area contributed by atoms with Crippen LogP contribution in [0.3, 0.4) is 0 Å². The summed E-state index contributed by atoms with van der Waals surface area (Å²) in [5, 5.41) is 6.54. The van der Waals surface area contributed by atoms with E-state index in [-0.39, 0.29) is 11.3 Å². The lowest BCUT2D eigenvalue weighted by molar-refractivity contribution is -0.135. The van der Waals surface area contributed by atoms with Gasteiger partial charge < -0.3 is 10.6 Å². The predicted octanol–water partition coefficient (Wildman–Crippen LogP) is 1.68. The highest BCUT2D eigenvalue weighted by atomic mass is 16.2. The summed E-state index contributed by atoms with van der Waals surface area (Å²) in [5.74, 6) is 0.276. The Kier molecular flexibility index (Phi) is 3.24. The maximum atomic E-state index is 12.0. The van der Waals surface area contributed by atoms with Crippen LogP contribution in [0.4, 0.5) is 0 Å². The number of hydrogen-bond acceptors (Lipinski definition) is 2. The highest BCUT2D eigenvalue weighted by molar-refractivity contribution is 5.83.